The summed E-state index contributed by atoms with van der Waals surface area (Å²) in [6.45, 7) is 4.32. The lowest BCUT2D eigenvalue weighted by Gasteiger charge is -2.30. The molecule has 0 bridgehead atoms. The number of ketones is 3. The molecule has 0 saturated heterocycles. The van der Waals surface area contributed by atoms with E-state index in [1.165, 1.54) is 5.57 Å². The maximum Gasteiger partial charge on any atom is 0.136 e. The van der Waals surface area contributed by atoms with Gasteiger partial charge in [0, 0.05) is 37.5 Å². The number of rotatable bonds is 10. The molecule has 3 aliphatic rings. The maximum atomic E-state index is 12.5. The molecule has 2 saturated carbocycles. The van der Waals surface area contributed by atoms with Gasteiger partial charge in [0.15, 0.2) is 0 Å². The molecule has 0 spiro atoms. The van der Waals surface area contributed by atoms with Crippen LogP contribution in [0.2, 0.25) is 0 Å². The van der Waals surface area contributed by atoms with Crippen LogP contribution in [0.3, 0.4) is 0 Å². The third-order valence-corrected chi connectivity index (χ3v) is 7.02. The molecule has 3 nitrogen and oxygen atoms in total. The first kappa shape index (κ1) is 20.2. The number of carbonyl (C=O) groups excluding carboxylic acids is 3. The molecule has 27 heavy (non-hydrogen) atoms. The largest absolute Gasteiger partial charge is 0.300 e. The summed E-state index contributed by atoms with van der Waals surface area (Å²) in [4.78, 5) is 37.1. The summed E-state index contributed by atoms with van der Waals surface area (Å²) >= 11 is 0. The molecular formula is C24H34O3. The van der Waals surface area contributed by atoms with E-state index in [1.54, 1.807) is 0 Å². The Kier molecular flexibility index (Phi) is 6.83. The van der Waals surface area contributed by atoms with Crippen LogP contribution in [0, 0.1) is 29.6 Å². The fraction of sp³-hybridized carbons (Fsp3) is 0.708. The number of hydrogen-bond acceptors (Lipinski definition) is 3. The molecular weight excluding hydrogens is 336 g/mol. The van der Waals surface area contributed by atoms with E-state index in [2.05, 4.69) is 32.1 Å². The summed E-state index contributed by atoms with van der Waals surface area (Å²) in [5, 5.41) is 0. The van der Waals surface area contributed by atoms with E-state index in [-0.39, 0.29) is 29.3 Å². The lowest BCUT2D eigenvalue weighted by molar-refractivity contribution is -0.129. The topological polar surface area (TPSA) is 51.2 Å². The minimum atomic E-state index is 0.0278. The minimum absolute atomic E-state index is 0.0278. The van der Waals surface area contributed by atoms with Crippen LogP contribution in [0.25, 0.3) is 0 Å². The minimum Gasteiger partial charge on any atom is -0.300 e. The fourth-order valence-electron chi connectivity index (χ4n) is 5.02. The van der Waals surface area contributed by atoms with Gasteiger partial charge in [0.2, 0.25) is 0 Å². The molecule has 2 fully saturated rings. The van der Waals surface area contributed by atoms with Crippen LogP contribution in [-0.4, -0.2) is 17.3 Å². The Bertz CT molecular complexity index is 642. The Morgan fingerprint density at radius 2 is 2.00 bits per heavy atom. The summed E-state index contributed by atoms with van der Waals surface area (Å²) in [6, 6.07) is 0. The SMILES string of the molecule is CCC1CC1C(=O)CCC(=O)CC1CCCC(=O)C1CCC1=CC=CC1C. The first-order chi connectivity index (χ1) is 13.0. The van der Waals surface area contributed by atoms with Gasteiger partial charge in [0.1, 0.15) is 17.3 Å². The summed E-state index contributed by atoms with van der Waals surface area (Å²) < 4.78 is 0. The Balaban J connectivity index is 1.46. The predicted octanol–water partition coefficient (Wildman–Crippen LogP) is 5.24. The van der Waals surface area contributed by atoms with Crippen molar-refractivity contribution in [3.63, 3.8) is 0 Å². The quantitative estimate of drug-likeness (QED) is 0.528. The Hall–Kier alpha value is -1.51. The van der Waals surface area contributed by atoms with Gasteiger partial charge in [-0.05, 0) is 49.9 Å². The first-order valence-electron chi connectivity index (χ1n) is 10.9. The van der Waals surface area contributed by atoms with Gasteiger partial charge in [-0.1, -0.05) is 44.1 Å². The normalized spacial score (nSPS) is 32.4. The molecule has 0 radical (unpaired) electrons. The lowest BCUT2D eigenvalue weighted by atomic mass is 9.73. The van der Waals surface area contributed by atoms with E-state index < -0.39 is 0 Å². The van der Waals surface area contributed by atoms with Crippen molar-refractivity contribution in [2.24, 2.45) is 29.6 Å². The maximum absolute atomic E-state index is 12.5. The van der Waals surface area contributed by atoms with Crippen LogP contribution in [0.4, 0.5) is 0 Å². The van der Waals surface area contributed by atoms with Gasteiger partial charge in [-0.25, -0.2) is 0 Å². The third kappa shape index (κ3) is 5.27. The molecule has 3 rings (SSSR count). The van der Waals surface area contributed by atoms with Gasteiger partial charge in [-0.15, -0.1) is 0 Å². The highest BCUT2D eigenvalue weighted by molar-refractivity contribution is 5.89. The molecule has 3 aliphatic carbocycles. The molecule has 0 aromatic heterocycles. The second-order valence-corrected chi connectivity index (χ2v) is 8.90. The van der Waals surface area contributed by atoms with E-state index in [1.807, 2.05) is 0 Å². The third-order valence-electron chi connectivity index (χ3n) is 7.02. The van der Waals surface area contributed by atoms with Crippen molar-refractivity contribution in [1.29, 1.82) is 0 Å². The van der Waals surface area contributed by atoms with Crippen LogP contribution in [-0.2, 0) is 14.4 Å². The second-order valence-electron chi connectivity index (χ2n) is 8.90. The second kappa shape index (κ2) is 9.12. The zero-order chi connectivity index (χ0) is 19.4. The highest BCUT2D eigenvalue weighted by Gasteiger charge is 2.40. The van der Waals surface area contributed by atoms with Crippen molar-refractivity contribution >= 4 is 17.3 Å². The van der Waals surface area contributed by atoms with Crippen molar-refractivity contribution in [3.05, 3.63) is 23.8 Å². The smallest absolute Gasteiger partial charge is 0.136 e. The monoisotopic (exact) mass is 370 g/mol. The molecule has 0 heterocycles. The predicted molar refractivity (Wildman–Crippen MR) is 107 cm³/mol. The number of hydrogen-bond donors (Lipinski definition) is 0. The van der Waals surface area contributed by atoms with E-state index in [0.717, 1.165) is 38.5 Å². The molecule has 5 atom stereocenters. The summed E-state index contributed by atoms with van der Waals surface area (Å²) in [5.41, 5.74) is 1.40. The molecule has 0 aromatic rings. The molecule has 5 unspecified atom stereocenters. The molecule has 3 heteroatoms. The van der Waals surface area contributed by atoms with Crippen molar-refractivity contribution < 1.29 is 14.4 Å². The molecule has 0 N–H and O–H groups in total. The van der Waals surface area contributed by atoms with E-state index >= 15 is 0 Å². The van der Waals surface area contributed by atoms with Crippen molar-refractivity contribution in [2.45, 2.75) is 78.1 Å². The number of allylic oxidation sites excluding steroid dienone is 4. The number of Topliss-reactive ketones (excluding diaryl/α,β-unsaturated/α-hetero) is 3. The van der Waals surface area contributed by atoms with Crippen LogP contribution in [0.15, 0.2) is 23.8 Å². The summed E-state index contributed by atoms with van der Waals surface area (Å²) in [7, 11) is 0. The van der Waals surface area contributed by atoms with Gasteiger partial charge in [-0.2, -0.15) is 0 Å². The molecule has 0 aliphatic heterocycles. The Labute approximate surface area is 163 Å². The van der Waals surface area contributed by atoms with Gasteiger partial charge in [0.05, 0.1) is 0 Å². The van der Waals surface area contributed by atoms with Crippen LogP contribution in [0.5, 0.6) is 0 Å². The standard InChI is InChI=1S/C24H34O3/c1-3-17-15-22(17)24(27)13-11-20(25)14-19-8-5-9-23(26)21(19)12-10-18-7-4-6-16(18)2/h4,6-7,16-17,19,21-22H,3,5,8-15H2,1-2H3. The molecule has 0 aromatic carbocycles. The zero-order valence-corrected chi connectivity index (χ0v) is 16.9. The van der Waals surface area contributed by atoms with Crippen molar-refractivity contribution in [2.75, 3.05) is 0 Å². The average Bonchev–Trinajstić information content (AvgIpc) is 3.34. The highest BCUT2D eigenvalue weighted by Crippen LogP contribution is 2.42. The lowest BCUT2D eigenvalue weighted by Crippen LogP contribution is -2.30. The van der Waals surface area contributed by atoms with Crippen LogP contribution >= 0.6 is 0 Å². The van der Waals surface area contributed by atoms with E-state index in [0.29, 0.717) is 43.3 Å². The van der Waals surface area contributed by atoms with Gasteiger partial charge < -0.3 is 0 Å². The van der Waals surface area contributed by atoms with Gasteiger partial charge in [-0.3, -0.25) is 14.4 Å². The van der Waals surface area contributed by atoms with Crippen LogP contribution < -0.4 is 0 Å². The van der Waals surface area contributed by atoms with E-state index in [4.69, 9.17) is 0 Å². The summed E-state index contributed by atoms with van der Waals surface area (Å²) in [5.74, 6) is 2.28. The zero-order valence-electron chi connectivity index (χ0n) is 16.9. The van der Waals surface area contributed by atoms with Crippen LogP contribution in [0.1, 0.15) is 78.1 Å². The van der Waals surface area contributed by atoms with Crippen molar-refractivity contribution in [3.8, 4) is 0 Å². The average molecular weight is 371 g/mol. The van der Waals surface area contributed by atoms with E-state index in [9.17, 15) is 14.4 Å². The summed E-state index contributed by atoms with van der Waals surface area (Å²) in [6.07, 6.45) is 14.2. The van der Waals surface area contributed by atoms with Gasteiger partial charge >= 0.3 is 0 Å². The van der Waals surface area contributed by atoms with Gasteiger partial charge in [0.25, 0.3) is 0 Å². The number of carbonyl (C=O) groups is 3. The van der Waals surface area contributed by atoms with Crippen molar-refractivity contribution in [1.82, 2.24) is 0 Å². The Morgan fingerprint density at radius 1 is 1.19 bits per heavy atom. The Morgan fingerprint density at radius 3 is 2.67 bits per heavy atom. The molecule has 148 valence electrons. The first-order valence-corrected chi connectivity index (χ1v) is 10.9. The molecule has 0 amide bonds. The fourth-order valence-corrected chi connectivity index (χ4v) is 5.02. The highest BCUT2D eigenvalue weighted by atomic mass is 16.1.